The maximum Gasteiger partial charge on any atom is 0.405 e. The Labute approximate surface area is 76.8 Å². The molecule has 0 saturated heterocycles. The highest BCUT2D eigenvalue weighted by Gasteiger charge is 2.13. The minimum absolute atomic E-state index is 0.356. The Morgan fingerprint density at radius 1 is 1.54 bits per heavy atom. The highest BCUT2D eigenvalue weighted by atomic mass is 16.4. The Hall–Kier alpha value is -1.52. The smallest absolute Gasteiger partial charge is 0.405 e. The van der Waals surface area contributed by atoms with Gasteiger partial charge in [0.2, 0.25) is 5.91 Å². The van der Waals surface area contributed by atoms with Gasteiger partial charge in [-0.15, -0.1) is 0 Å². The Balaban J connectivity index is 3.82. The van der Waals surface area contributed by atoms with E-state index >= 15 is 0 Å². The predicted molar refractivity (Wildman–Crippen MR) is 48.4 cm³/mol. The molecule has 0 aromatic rings. The van der Waals surface area contributed by atoms with E-state index in [4.69, 9.17) is 5.11 Å². The summed E-state index contributed by atoms with van der Waals surface area (Å²) in [6.45, 7) is 7.21. The van der Waals surface area contributed by atoms with Crippen LogP contribution < -0.4 is 10.6 Å². The summed E-state index contributed by atoms with van der Waals surface area (Å²) in [7, 11) is 0. The molecule has 0 aromatic heterocycles. The average molecular weight is 186 g/mol. The molecule has 0 aliphatic rings. The largest absolute Gasteiger partial charge is 0.465 e. The van der Waals surface area contributed by atoms with Crippen LogP contribution in [0.1, 0.15) is 13.8 Å². The molecule has 5 heteroatoms. The number of carbonyl (C=O) groups is 2. The molecule has 0 radical (unpaired) electrons. The first-order valence-corrected chi connectivity index (χ1v) is 3.85. The van der Waals surface area contributed by atoms with Crippen LogP contribution in [0.2, 0.25) is 0 Å². The third kappa shape index (κ3) is 5.72. The molecule has 0 aliphatic carbocycles. The highest BCUT2D eigenvalue weighted by molar-refractivity contribution is 5.84. The maximum atomic E-state index is 11.1. The third-order valence-corrected chi connectivity index (χ3v) is 1.30. The summed E-state index contributed by atoms with van der Waals surface area (Å²) in [5.74, 6) is -0.356. The van der Waals surface area contributed by atoms with Gasteiger partial charge in [-0.2, -0.15) is 0 Å². The van der Waals surface area contributed by atoms with Crippen LogP contribution in [0.25, 0.3) is 0 Å². The van der Waals surface area contributed by atoms with Crippen LogP contribution in [0.5, 0.6) is 0 Å². The second kappa shape index (κ2) is 5.18. The van der Waals surface area contributed by atoms with Gasteiger partial charge in [-0.25, -0.2) is 4.79 Å². The highest BCUT2D eigenvalue weighted by Crippen LogP contribution is 1.85. The fraction of sp³-hybridized carbons (Fsp3) is 0.500. The molecule has 13 heavy (non-hydrogen) atoms. The zero-order valence-corrected chi connectivity index (χ0v) is 7.76. The van der Waals surface area contributed by atoms with Crippen molar-refractivity contribution in [3.63, 3.8) is 0 Å². The monoisotopic (exact) mass is 186 g/mol. The fourth-order valence-corrected chi connectivity index (χ4v) is 0.642. The lowest BCUT2D eigenvalue weighted by atomic mass is 10.3. The summed E-state index contributed by atoms with van der Waals surface area (Å²) >= 11 is 0. The van der Waals surface area contributed by atoms with Gasteiger partial charge in [0.05, 0.1) is 0 Å². The van der Waals surface area contributed by atoms with Crippen molar-refractivity contribution in [2.75, 3.05) is 6.54 Å². The van der Waals surface area contributed by atoms with E-state index in [0.717, 1.165) is 5.57 Å². The first kappa shape index (κ1) is 11.5. The third-order valence-electron chi connectivity index (χ3n) is 1.30. The summed E-state index contributed by atoms with van der Waals surface area (Å²) in [6, 6.07) is -0.739. The molecule has 0 bridgehead atoms. The quantitative estimate of drug-likeness (QED) is 0.554. The van der Waals surface area contributed by atoms with Gasteiger partial charge >= 0.3 is 6.09 Å². The average Bonchev–Trinajstić information content (AvgIpc) is 1.98. The molecule has 74 valence electrons. The standard InChI is InChI=1S/C8H14N2O3/c1-5(2)4-9-7(11)6(3)10-8(12)13/h6,10H,1,4H2,2-3H3,(H,9,11)(H,12,13). The lowest BCUT2D eigenvalue weighted by Gasteiger charge is -2.11. The van der Waals surface area contributed by atoms with E-state index in [1.807, 2.05) is 5.32 Å². The van der Waals surface area contributed by atoms with Gasteiger partial charge in [-0.05, 0) is 13.8 Å². The molecule has 5 nitrogen and oxygen atoms in total. The van der Waals surface area contributed by atoms with Crippen LogP contribution >= 0.6 is 0 Å². The number of nitrogens with one attached hydrogen (secondary N) is 2. The Morgan fingerprint density at radius 3 is 2.46 bits per heavy atom. The summed E-state index contributed by atoms with van der Waals surface area (Å²) in [4.78, 5) is 21.2. The van der Waals surface area contributed by atoms with Crippen LogP contribution in [0, 0.1) is 0 Å². The van der Waals surface area contributed by atoms with Crippen LogP contribution in [0.3, 0.4) is 0 Å². The van der Waals surface area contributed by atoms with Gasteiger partial charge in [-0.3, -0.25) is 4.79 Å². The first-order chi connectivity index (χ1) is 5.93. The van der Waals surface area contributed by atoms with Crippen LogP contribution in [-0.2, 0) is 4.79 Å². The Kier molecular flexibility index (Phi) is 4.58. The van der Waals surface area contributed by atoms with Gasteiger partial charge < -0.3 is 15.7 Å². The van der Waals surface area contributed by atoms with Crippen LogP contribution in [0.15, 0.2) is 12.2 Å². The van der Waals surface area contributed by atoms with Gasteiger partial charge in [-0.1, -0.05) is 12.2 Å². The van der Waals surface area contributed by atoms with Gasteiger partial charge in [0.25, 0.3) is 0 Å². The van der Waals surface area contributed by atoms with Crippen molar-refractivity contribution in [1.82, 2.24) is 10.6 Å². The molecule has 3 N–H and O–H groups in total. The molecule has 0 spiro atoms. The van der Waals surface area contributed by atoms with E-state index in [0.29, 0.717) is 6.54 Å². The number of hydrogen-bond donors (Lipinski definition) is 3. The summed E-state index contributed by atoms with van der Waals surface area (Å²) in [6.07, 6.45) is -1.21. The van der Waals surface area contributed by atoms with Crippen molar-refractivity contribution in [3.05, 3.63) is 12.2 Å². The zero-order valence-electron chi connectivity index (χ0n) is 7.76. The number of amides is 2. The van der Waals surface area contributed by atoms with Crippen molar-refractivity contribution in [2.45, 2.75) is 19.9 Å². The van der Waals surface area contributed by atoms with Crippen molar-refractivity contribution in [2.24, 2.45) is 0 Å². The molecular formula is C8H14N2O3. The molecule has 1 unspecified atom stereocenters. The van der Waals surface area contributed by atoms with E-state index in [9.17, 15) is 9.59 Å². The van der Waals surface area contributed by atoms with Crippen molar-refractivity contribution >= 4 is 12.0 Å². The fourth-order valence-electron chi connectivity index (χ4n) is 0.642. The van der Waals surface area contributed by atoms with E-state index in [1.165, 1.54) is 6.92 Å². The van der Waals surface area contributed by atoms with E-state index in [2.05, 4.69) is 11.9 Å². The Bertz CT molecular complexity index is 225. The molecule has 0 aliphatic heterocycles. The molecule has 0 aromatic carbocycles. The number of hydrogen-bond acceptors (Lipinski definition) is 2. The second-order valence-electron chi connectivity index (χ2n) is 2.85. The van der Waals surface area contributed by atoms with Gasteiger partial charge in [0.1, 0.15) is 6.04 Å². The molecule has 1 atom stereocenters. The molecule has 0 heterocycles. The summed E-state index contributed by atoms with van der Waals surface area (Å²) in [5, 5.41) is 12.9. The van der Waals surface area contributed by atoms with Crippen LogP contribution in [-0.4, -0.2) is 29.7 Å². The normalized spacial score (nSPS) is 11.5. The van der Waals surface area contributed by atoms with Crippen molar-refractivity contribution in [3.8, 4) is 0 Å². The maximum absolute atomic E-state index is 11.1. The van der Waals surface area contributed by atoms with E-state index in [-0.39, 0.29) is 5.91 Å². The summed E-state index contributed by atoms with van der Waals surface area (Å²) in [5.41, 5.74) is 0.816. The summed E-state index contributed by atoms with van der Waals surface area (Å²) < 4.78 is 0. The SMILES string of the molecule is C=C(C)CNC(=O)C(C)NC(=O)O. The van der Waals surface area contributed by atoms with Crippen molar-refractivity contribution < 1.29 is 14.7 Å². The topological polar surface area (TPSA) is 78.4 Å². The number of carbonyl (C=O) groups excluding carboxylic acids is 1. The molecule has 2 amide bonds. The van der Waals surface area contributed by atoms with E-state index < -0.39 is 12.1 Å². The van der Waals surface area contributed by atoms with Gasteiger partial charge in [0.15, 0.2) is 0 Å². The second-order valence-corrected chi connectivity index (χ2v) is 2.85. The molecule has 0 rings (SSSR count). The molecule has 0 fully saturated rings. The van der Waals surface area contributed by atoms with Crippen LogP contribution in [0.4, 0.5) is 4.79 Å². The number of rotatable bonds is 4. The minimum Gasteiger partial charge on any atom is -0.465 e. The van der Waals surface area contributed by atoms with E-state index in [1.54, 1.807) is 6.92 Å². The van der Waals surface area contributed by atoms with Gasteiger partial charge in [0, 0.05) is 6.54 Å². The molecular weight excluding hydrogens is 172 g/mol. The zero-order chi connectivity index (χ0) is 10.4. The lowest BCUT2D eigenvalue weighted by Crippen LogP contribution is -2.44. The lowest BCUT2D eigenvalue weighted by molar-refractivity contribution is -0.122. The Morgan fingerprint density at radius 2 is 2.08 bits per heavy atom. The first-order valence-electron chi connectivity index (χ1n) is 3.85. The number of carboxylic acid groups (broad SMARTS) is 1. The molecule has 0 saturated carbocycles. The minimum atomic E-state index is -1.21. The van der Waals surface area contributed by atoms with Crippen molar-refractivity contribution in [1.29, 1.82) is 0 Å². The predicted octanol–water partition coefficient (Wildman–Crippen LogP) is 0.335.